The first kappa shape index (κ1) is 23.6. The zero-order valence-corrected chi connectivity index (χ0v) is 21.4. The standard InChI is InChI=1S/C27H32N6OS/c1-4-32(5-2)18(3)8-11-24(34)19-15-23(30-26(16-19)29-20-9-10-20)21-17-28-33-13-12-22(31-27(21)33)25-7-6-14-35-25/h6-7,12-18,20H,4-5,8-11H2,1-3H3,(H,29,30)/t18-/m0/s1. The van der Waals surface area contributed by atoms with E-state index in [0.717, 1.165) is 65.6 Å². The van der Waals surface area contributed by atoms with Gasteiger partial charge in [-0.05, 0) is 68.9 Å². The van der Waals surface area contributed by atoms with Gasteiger partial charge in [-0.25, -0.2) is 14.5 Å². The Morgan fingerprint density at radius 2 is 2.03 bits per heavy atom. The number of hydrogen-bond acceptors (Lipinski definition) is 7. The summed E-state index contributed by atoms with van der Waals surface area (Å²) >= 11 is 1.66. The predicted molar refractivity (Wildman–Crippen MR) is 142 cm³/mol. The third-order valence-corrected chi connectivity index (χ3v) is 7.61. The molecule has 1 saturated carbocycles. The molecule has 8 heteroatoms. The van der Waals surface area contributed by atoms with Crippen molar-refractivity contribution in [2.24, 2.45) is 0 Å². The molecule has 4 heterocycles. The van der Waals surface area contributed by atoms with Crippen molar-refractivity contribution in [1.82, 2.24) is 24.5 Å². The summed E-state index contributed by atoms with van der Waals surface area (Å²) in [6.45, 7) is 8.53. The quantitative estimate of drug-likeness (QED) is 0.270. The van der Waals surface area contributed by atoms with Gasteiger partial charge in [-0.1, -0.05) is 19.9 Å². The summed E-state index contributed by atoms with van der Waals surface area (Å²) in [5.74, 6) is 0.897. The van der Waals surface area contributed by atoms with E-state index in [0.29, 0.717) is 24.1 Å². The van der Waals surface area contributed by atoms with Gasteiger partial charge >= 0.3 is 0 Å². The van der Waals surface area contributed by atoms with Gasteiger partial charge in [-0.3, -0.25) is 4.79 Å². The van der Waals surface area contributed by atoms with Crippen molar-refractivity contribution in [2.75, 3.05) is 18.4 Å². The van der Waals surface area contributed by atoms with Crippen LogP contribution >= 0.6 is 11.3 Å². The van der Waals surface area contributed by atoms with Gasteiger partial charge in [0.05, 0.1) is 28.0 Å². The number of aromatic nitrogens is 4. The normalized spacial score (nSPS) is 14.5. The van der Waals surface area contributed by atoms with E-state index in [1.807, 2.05) is 35.8 Å². The number of rotatable bonds is 11. The number of nitrogens with zero attached hydrogens (tertiary/aromatic N) is 5. The van der Waals surface area contributed by atoms with Gasteiger partial charge in [0.25, 0.3) is 0 Å². The molecule has 0 unspecified atom stereocenters. The molecular formula is C27H32N6OS. The fraction of sp³-hybridized carbons (Fsp3) is 0.407. The molecule has 4 aromatic heterocycles. The molecule has 4 aromatic rings. The Hall–Kier alpha value is -3.10. The van der Waals surface area contributed by atoms with Crippen molar-refractivity contribution in [3.8, 4) is 21.8 Å². The summed E-state index contributed by atoms with van der Waals surface area (Å²) in [5, 5.41) is 10.0. The Labute approximate surface area is 210 Å². The number of carbonyl (C=O) groups excluding carboxylic acids is 1. The first-order valence-electron chi connectivity index (χ1n) is 12.5. The first-order chi connectivity index (χ1) is 17.1. The molecule has 1 N–H and O–H groups in total. The molecular weight excluding hydrogens is 456 g/mol. The number of hydrogen-bond donors (Lipinski definition) is 1. The van der Waals surface area contributed by atoms with Gasteiger partial charge in [0.2, 0.25) is 0 Å². The van der Waals surface area contributed by atoms with Crippen LogP contribution in [0.3, 0.4) is 0 Å². The highest BCUT2D eigenvalue weighted by Crippen LogP contribution is 2.30. The van der Waals surface area contributed by atoms with Gasteiger partial charge in [-0.2, -0.15) is 5.10 Å². The third kappa shape index (κ3) is 5.28. The minimum atomic E-state index is 0.148. The summed E-state index contributed by atoms with van der Waals surface area (Å²) in [6, 6.07) is 10.7. The van der Waals surface area contributed by atoms with Crippen LogP contribution in [0.15, 0.2) is 48.1 Å². The lowest BCUT2D eigenvalue weighted by Crippen LogP contribution is -2.33. The zero-order chi connectivity index (χ0) is 24.4. The molecule has 1 fully saturated rings. The van der Waals surface area contributed by atoms with Crippen molar-refractivity contribution in [3.63, 3.8) is 0 Å². The fourth-order valence-corrected chi connectivity index (χ4v) is 5.16. The smallest absolute Gasteiger partial charge is 0.165 e. The van der Waals surface area contributed by atoms with Gasteiger partial charge in [-0.15, -0.1) is 11.3 Å². The predicted octanol–water partition coefficient (Wildman–Crippen LogP) is 5.79. The van der Waals surface area contributed by atoms with Crippen molar-refractivity contribution >= 4 is 28.6 Å². The first-order valence-corrected chi connectivity index (χ1v) is 13.4. The second-order valence-corrected chi connectivity index (χ2v) is 10.1. The maximum Gasteiger partial charge on any atom is 0.165 e. The van der Waals surface area contributed by atoms with Crippen LogP contribution in [0.1, 0.15) is 56.8 Å². The lowest BCUT2D eigenvalue weighted by atomic mass is 10.0. The second kappa shape index (κ2) is 10.3. The number of thiophene rings is 1. The van der Waals surface area contributed by atoms with Crippen molar-refractivity contribution in [1.29, 1.82) is 0 Å². The van der Waals surface area contributed by atoms with Gasteiger partial charge in [0.15, 0.2) is 11.4 Å². The monoisotopic (exact) mass is 488 g/mol. The SMILES string of the molecule is CCN(CC)[C@@H](C)CCC(=O)c1cc(NC2CC2)nc(-c2cnn3ccc(-c4cccs4)nc23)c1. The third-order valence-electron chi connectivity index (χ3n) is 6.72. The fourth-order valence-electron chi connectivity index (χ4n) is 4.47. The number of nitrogens with one attached hydrogen (secondary N) is 1. The number of anilines is 1. The average molecular weight is 489 g/mol. The molecule has 7 nitrogen and oxygen atoms in total. The van der Waals surface area contributed by atoms with E-state index >= 15 is 0 Å². The molecule has 1 aliphatic rings. The Kier molecular flexibility index (Phi) is 6.92. The van der Waals surface area contributed by atoms with E-state index in [4.69, 9.17) is 9.97 Å². The summed E-state index contributed by atoms with van der Waals surface area (Å²) in [4.78, 5) is 26.5. The molecule has 0 amide bonds. The molecule has 1 atom stereocenters. The molecule has 0 radical (unpaired) electrons. The molecule has 0 bridgehead atoms. The van der Waals surface area contributed by atoms with E-state index in [1.165, 1.54) is 0 Å². The van der Waals surface area contributed by atoms with Crippen LogP contribution in [0.5, 0.6) is 0 Å². The Bertz CT molecular complexity index is 1310. The largest absolute Gasteiger partial charge is 0.367 e. The van der Waals surface area contributed by atoms with Crippen LogP contribution in [0.2, 0.25) is 0 Å². The summed E-state index contributed by atoms with van der Waals surface area (Å²) in [7, 11) is 0. The minimum absolute atomic E-state index is 0.148. The highest BCUT2D eigenvalue weighted by atomic mass is 32.1. The van der Waals surface area contributed by atoms with Gasteiger partial charge < -0.3 is 10.2 Å². The van der Waals surface area contributed by atoms with Crippen LogP contribution in [-0.2, 0) is 0 Å². The molecule has 0 aliphatic heterocycles. The van der Waals surface area contributed by atoms with E-state index in [9.17, 15) is 4.79 Å². The zero-order valence-electron chi connectivity index (χ0n) is 20.6. The Balaban J connectivity index is 1.47. The van der Waals surface area contributed by atoms with Crippen molar-refractivity contribution < 1.29 is 4.79 Å². The van der Waals surface area contributed by atoms with Crippen molar-refractivity contribution in [3.05, 3.63) is 53.7 Å². The van der Waals surface area contributed by atoms with E-state index < -0.39 is 0 Å². The van der Waals surface area contributed by atoms with Gasteiger partial charge in [0, 0.05) is 30.3 Å². The molecule has 1 aliphatic carbocycles. The van der Waals surface area contributed by atoms with E-state index in [-0.39, 0.29) is 5.78 Å². The molecule has 35 heavy (non-hydrogen) atoms. The maximum absolute atomic E-state index is 13.3. The van der Waals surface area contributed by atoms with Crippen LogP contribution < -0.4 is 5.32 Å². The second-order valence-electron chi connectivity index (χ2n) is 9.19. The molecule has 5 rings (SSSR count). The number of fused-ring (bicyclic) bond motifs is 1. The van der Waals surface area contributed by atoms with E-state index in [1.54, 1.807) is 22.0 Å². The highest BCUT2D eigenvalue weighted by Gasteiger charge is 2.23. The van der Waals surface area contributed by atoms with Crippen LogP contribution in [0, 0.1) is 0 Å². The van der Waals surface area contributed by atoms with Gasteiger partial charge in [0.1, 0.15) is 5.82 Å². The lowest BCUT2D eigenvalue weighted by Gasteiger charge is -2.26. The Morgan fingerprint density at radius 1 is 1.20 bits per heavy atom. The number of carbonyl (C=O) groups is 1. The lowest BCUT2D eigenvalue weighted by molar-refractivity contribution is 0.0964. The molecule has 0 spiro atoms. The van der Waals surface area contributed by atoms with E-state index in [2.05, 4.69) is 42.2 Å². The minimum Gasteiger partial charge on any atom is -0.367 e. The summed E-state index contributed by atoms with van der Waals surface area (Å²) < 4.78 is 1.77. The average Bonchev–Trinajstić information content (AvgIpc) is 3.34. The summed E-state index contributed by atoms with van der Waals surface area (Å²) in [5.41, 5.74) is 3.89. The topological polar surface area (TPSA) is 75.4 Å². The summed E-state index contributed by atoms with van der Waals surface area (Å²) in [6.07, 6.45) is 7.35. The van der Waals surface area contributed by atoms with Crippen LogP contribution in [0.25, 0.3) is 27.5 Å². The Morgan fingerprint density at radius 3 is 2.74 bits per heavy atom. The van der Waals surface area contributed by atoms with Crippen LogP contribution in [-0.4, -0.2) is 55.4 Å². The highest BCUT2D eigenvalue weighted by molar-refractivity contribution is 7.13. The molecule has 182 valence electrons. The number of ketones is 1. The van der Waals surface area contributed by atoms with Crippen LogP contribution in [0.4, 0.5) is 5.82 Å². The molecule has 0 saturated heterocycles. The number of Topliss-reactive ketones (excluding diaryl/α,β-unsaturated/α-hetero) is 1. The maximum atomic E-state index is 13.3. The molecule has 0 aromatic carbocycles. The van der Waals surface area contributed by atoms with Crippen molar-refractivity contribution in [2.45, 2.75) is 58.5 Å². The number of pyridine rings is 1.